The molecule has 0 aliphatic heterocycles. The molecule has 0 fully saturated rings. The Morgan fingerprint density at radius 2 is 2.08 bits per heavy atom. The van der Waals surface area contributed by atoms with Gasteiger partial charge in [-0.25, -0.2) is 0 Å². The minimum Gasteiger partial charge on any atom is -0.397 e. The molecule has 0 aliphatic carbocycles. The van der Waals surface area contributed by atoms with Gasteiger partial charge in [0.25, 0.3) is 0 Å². The monoisotopic (exact) mass is 224 g/mol. The van der Waals surface area contributed by atoms with Crippen molar-refractivity contribution in [1.82, 2.24) is 4.98 Å². The predicted octanol–water partition coefficient (Wildman–Crippen LogP) is 0.763. The minimum absolute atomic E-state index is 0. The van der Waals surface area contributed by atoms with E-state index in [0.29, 0.717) is 11.4 Å². The number of hydrogen-bond donors (Lipinski definition) is 3. The van der Waals surface area contributed by atoms with Crippen LogP contribution in [-0.2, 0) is 10.7 Å². The molecule has 0 saturated carbocycles. The molecule has 7 heteroatoms. The van der Waals surface area contributed by atoms with E-state index in [-0.39, 0.29) is 18.6 Å². The molecule has 1 rings (SSSR count). The highest BCUT2D eigenvalue weighted by Crippen LogP contribution is 2.38. The molecule has 13 heavy (non-hydrogen) atoms. The van der Waals surface area contributed by atoms with Crippen molar-refractivity contribution >= 4 is 25.7 Å². The number of pyridine rings is 1. The SMILES string of the molecule is Cl.Nc1ccc(CP(=O)(O)O)nc1. The molecular formula is C6H10ClN2O3P. The van der Waals surface area contributed by atoms with Crippen molar-refractivity contribution < 1.29 is 14.4 Å². The van der Waals surface area contributed by atoms with E-state index in [4.69, 9.17) is 15.5 Å². The summed E-state index contributed by atoms with van der Waals surface area (Å²) in [6.45, 7) is 0. The Morgan fingerprint density at radius 3 is 2.46 bits per heavy atom. The lowest BCUT2D eigenvalue weighted by atomic mass is 10.3. The molecule has 0 radical (unpaired) electrons. The number of hydrogen-bond acceptors (Lipinski definition) is 3. The zero-order valence-electron chi connectivity index (χ0n) is 6.62. The van der Waals surface area contributed by atoms with Crippen LogP contribution in [0.5, 0.6) is 0 Å². The molecule has 0 saturated heterocycles. The highest BCUT2D eigenvalue weighted by atomic mass is 35.5. The summed E-state index contributed by atoms with van der Waals surface area (Å²) >= 11 is 0. The molecule has 0 unspecified atom stereocenters. The van der Waals surface area contributed by atoms with Crippen LogP contribution in [0.2, 0.25) is 0 Å². The number of rotatable bonds is 2. The van der Waals surface area contributed by atoms with Gasteiger partial charge in [-0.3, -0.25) is 9.55 Å². The third kappa shape index (κ3) is 4.85. The molecule has 1 heterocycles. The van der Waals surface area contributed by atoms with Gasteiger partial charge in [-0.1, -0.05) is 0 Å². The smallest absolute Gasteiger partial charge is 0.331 e. The molecular weight excluding hydrogens is 215 g/mol. The van der Waals surface area contributed by atoms with Crippen LogP contribution in [0.25, 0.3) is 0 Å². The summed E-state index contributed by atoms with van der Waals surface area (Å²) in [5.41, 5.74) is 6.16. The fraction of sp³-hybridized carbons (Fsp3) is 0.167. The zero-order chi connectivity index (χ0) is 9.19. The van der Waals surface area contributed by atoms with Crippen LogP contribution in [0.3, 0.4) is 0 Å². The van der Waals surface area contributed by atoms with Crippen LogP contribution in [0, 0.1) is 0 Å². The Kier molecular flexibility index (Phi) is 4.36. The average Bonchev–Trinajstić information content (AvgIpc) is 1.91. The molecule has 0 spiro atoms. The van der Waals surface area contributed by atoms with Crippen LogP contribution >= 0.6 is 20.0 Å². The Labute approximate surface area is 81.6 Å². The fourth-order valence-corrected chi connectivity index (χ4v) is 1.35. The molecule has 0 aliphatic rings. The van der Waals surface area contributed by atoms with Crippen LogP contribution in [0.15, 0.2) is 18.3 Å². The van der Waals surface area contributed by atoms with Gasteiger partial charge in [0, 0.05) is 0 Å². The van der Waals surface area contributed by atoms with E-state index in [1.807, 2.05) is 0 Å². The van der Waals surface area contributed by atoms with Gasteiger partial charge in [0.05, 0.1) is 23.7 Å². The van der Waals surface area contributed by atoms with Gasteiger partial charge in [-0.05, 0) is 12.1 Å². The molecule has 1 aromatic heterocycles. The number of aromatic nitrogens is 1. The van der Waals surface area contributed by atoms with Gasteiger partial charge in [0.1, 0.15) is 0 Å². The summed E-state index contributed by atoms with van der Waals surface area (Å²) < 4.78 is 10.5. The van der Waals surface area contributed by atoms with Crippen LogP contribution < -0.4 is 5.73 Å². The summed E-state index contributed by atoms with van der Waals surface area (Å²) in [7, 11) is -4.01. The fourth-order valence-electron chi connectivity index (χ4n) is 0.740. The van der Waals surface area contributed by atoms with E-state index in [1.54, 1.807) is 6.07 Å². The molecule has 0 amide bonds. The van der Waals surface area contributed by atoms with Gasteiger partial charge in [-0.15, -0.1) is 12.4 Å². The molecule has 4 N–H and O–H groups in total. The first kappa shape index (κ1) is 12.4. The third-order valence-electron chi connectivity index (χ3n) is 1.22. The molecule has 0 bridgehead atoms. The van der Waals surface area contributed by atoms with Gasteiger partial charge in [0.15, 0.2) is 0 Å². The Hall–Kier alpha value is -0.610. The maximum Gasteiger partial charge on any atom is 0.331 e. The second-order valence-electron chi connectivity index (χ2n) is 2.41. The lowest BCUT2D eigenvalue weighted by Crippen LogP contribution is -1.92. The highest BCUT2D eigenvalue weighted by molar-refractivity contribution is 7.50. The summed E-state index contributed by atoms with van der Waals surface area (Å²) in [6, 6.07) is 3.05. The standard InChI is InChI=1S/C6H9N2O3P.ClH/c7-5-1-2-6(8-3-5)4-12(9,10)11;/h1-3H,4,7H2,(H2,9,10,11);1H. The number of halogens is 1. The second kappa shape index (κ2) is 4.58. The van der Waals surface area contributed by atoms with Crippen molar-refractivity contribution in [3.05, 3.63) is 24.0 Å². The number of nitrogens with two attached hydrogens (primary N) is 1. The van der Waals surface area contributed by atoms with Crippen molar-refractivity contribution in [2.75, 3.05) is 5.73 Å². The van der Waals surface area contributed by atoms with Crippen LogP contribution in [0.4, 0.5) is 5.69 Å². The Morgan fingerprint density at radius 1 is 1.46 bits per heavy atom. The van der Waals surface area contributed by atoms with Crippen molar-refractivity contribution in [3.63, 3.8) is 0 Å². The van der Waals surface area contributed by atoms with Crippen LogP contribution in [-0.4, -0.2) is 14.8 Å². The van der Waals surface area contributed by atoms with E-state index in [9.17, 15) is 4.57 Å². The number of nitrogens with zero attached hydrogens (tertiary/aromatic N) is 1. The van der Waals surface area contributed by atoms with Crippen LogP contribution in [0.1, 0.15) is 5.69 Å². The molecule has 1 aromatic rings. The minimum atomic E-state index is -4.01. The van der Waals surface area contributed by atoms with Gasteiger partial charge in [-0.2, -0.15) is 0 Å². The largest absolute Gasteiger partial charge is 0.397 e. The van der Waals surface area contributed by atoms with Crippen molar-refractivity contribution in [2.24, 2.45) is 0 Å². The lowest BCUT2D eigenvalue weighted by Gasteiger charge is -2.02. The summed E-state index contributed by atoms with van der Waals surface area (Å²) in [4.78, 5) is 20.9. The normalized spacial score (nSPS) is 10.6. The summed E-state index contributed by atoms with van der Waals surface area (Å²) in [6.07, 6.45) is 1.03. The Bertz CT molecular complexity index is 310. The quantitative estimate of drug-likeness (QED) is 0.645. The van der Waals surface area contributed by atoms with E-state index in [0.717, 1.165) is 0 Å². The van der Waals surface area contributed by atoms with Crippen molar-refractivity contribution in [3.8, 4) is 0 Å². The maximum atomic E-state index is 10.5. The second-order valence-corrected chi connectivity index (χ2v) is 4.05. The number of anilines is 1. The van der Waals surface area contributed by atoms with E-state index in [1.165, 1.54) is 12.3 Å². The average molecular weight is 225 g/mol. The first-order valence-corrected chi connectivity index (χ1v) is 5.02. The summed E-state index contributed by atoms with van der Waals surface area (Å²) in [5, 5.41) is 0. The van der Waals surface area contributed by atoms with Gasteiger partial charge in [0.2, 0.25) is 0 Å². The topological polar surface area (TPSA) is 96.4 Å². The first-order chi connectivity index (χ1) is 5.47. The predicted molar refractivity (Wildman–Crippen MR) is 51.6 cm³/mol. The first-order valence-electron chi connectivity index (χ1n) is 3.22. The van der Waals surface area contributed by atoms with E-state index in [2.05, 4.69) is 4.98 Å². The van der Waals surface area contributed by atoms with E-state index < -0.39 is 7.60 Å². The van der Waals surface area contributed by atoms with Gasteiger partial charge < -0.3 is 15.5 Å². The van der Waals surface area contributed by atoms with Crippen molar-refractivity contribution in [1.29, 1.82) is 0 Å². The number of nitrogen functional groups attached to an aromatic ring is 1. The summed E-state index contributed by atoms with van der Waals surface area (Å²) in [5.74, 6) is 0. The maximum absolute atomic E-state index is 10.5. The molecule has 5 nitrogen and oxygen atoms in total. The Balaban J connectivity index is 0.00000144. The molecule has 0 atom stereocenters. The highest BCUT2D eigenvalue weighted by Gasteiger charge is 2.14. The van der Waals surface area contributed by atoms with Crippen molar-refractivity contribution in [2.45, 2.75) is 6.16 Å². The third-order valence-corrected chi connectivity index (χ3v) is 1.95. The molecule has 0 aromatic carbocycles. The lowest BCUT2D eigenvalue weighted by molar-refractivity contribution is 0.371. The van der Waals surface area contributed by atoms with Gasteiger partial charge >= 0.3 is 7.60 Å². The molecule has 74 valence electrons. The van der Waals surface area contributed by atoms with E-state index >= 15 is 0 Å². The zero-order valence-corrected chi connectivity index (χ0v) is 8.33.